The van der Waals surface area contributed by atoms with Gasteiger partial charge >= 0.3 is 12.1 Å². The van der Waals surface area contributed by atoms with Crippen molar-refractivity contribution in [3.8, 4) is 16.9 Å². The van der Waals surface area contributed by atoms with Crippen molar-refractivity contribution >= 4 is 11.9 Å². The third-order valence-electron chi connectivity index (χ3n) is 6.75. The second-order valence-corrected chi connectivity index (χ2v) is 9.30. The number of methoxy groups -OCH3 is 2. The number of aryl methyl sites for hydroxylation is 1. The molecule has 6 nitrogen and oxygen atoms in total. The molecule has 3 aromatic rings. The summed E-state index contributed by atoms with van der Waals surface area (Å²) in [5.41, 5.74) is 2.58. The van der Waals surface area contributed by atoms with Crippen LogP contribution in [0.2, 0.25) is 0 Å². The van der Waals surface area contributed by atoms with Gasteiger partial charge in [0.1, 0.15) is 11.8 Å². The summed E-state index contributed by atoms with van der Waals surface area (Å²) in [4.78, 5) is 27.8. The fourth-order valence-electron chi connectivity index (χ4n) is 4.87. The lowest BCUT2D eigenvalue weighted by Crippen LogP contribution is -2.38. The number of halogens is 3. The first-order chi connectivity index (χ1) is 18.1. The lowest BCUT2D eigenvalue weighted by Gasteiger charge is -2.22. The Balaban J connectivity index is 1.51. The molecular formula is C29H29F3N2O4. The first-order valence-electron chi connectivity index (χ1n) is 12.1. The van der Waals surface area contributed by atoms with Crippen LogP contribution >= 0.6 is 0 Å². The van der Waals surface area contributed by atoms with E-state index in [1.165, 1.54) is 19.2 Å². The molecule has 38 heavy (non-hydrogen) atoms. The highest BCUT2D eigenvalue weighted by molar-refractivity contribution is 6.01. The molecule has 200 valence electrons. The van der Waals surface area contributed by atoms with Gasteiger partial charge in [-0.2, -0.15) is 13.2 Å². The molecular weight excluding hydrogens is 497 g/mol. The molecule has 1 heterocycles. The molecule has 1 saturated heterocycles. The predicted octanol–water partition coefficient (Wildman–Crippen LogP) is 5.24. The number of carbonyl (C=O) groups is 2. The monoisotopic (exact) mass is 526 g/mol. The number of carbonyl (C=O) groups excluding carboxylic acids is 2. The quantitative estimate of drug-likeness (QED) is 0.427. The number of rotatable bonds is 7. The van der Waals surface area contributed by atoms with Gasteiger partial charge in [-0.25, -0.2) is 0 Å². The third-order valence-corrected chi connectivity index (χ3v) is 6.75. The smallest absolute Gasteiger partial charge is 0.416 e. The molecule has 0 aliphatic carbocycles. The first-order valence-corrected chi connectivity index (χ1v) is 12.1. The van der Waals surface area contributed by atoms with E-state index in [9.17, 15) is 22.8 Å². The summed E-state index contributed by atoms with van der Waals surface area (Å²) in [5, 5.41) is 3.01. The Bertz CT molecular complexity index is 1310. The second-order valence-electron chi connectivity index (χ2n) is 9.30. The molecule has 0 unspecified atom stereocenters. The minimum absolute atomic E-state index is 0.327. The topological polar surface area (TPSA) is 67.9 Å². The summed E-state index contributed by atoms with van der Waals surface area (Å²) in [6.45, 7) is 2.86. The summed E-state index contributed by atoms with van der Waals surface area (Å²) in [5.74, 6) is 0.0323. The number of hydrogen-bond acceptors (Lipinski definition) is 5. The molecule has 1 aliphatic rings. The fraction of sp³-hybridized carbons (Fsp3) is 0.310. The zero-order valence-electron chi connectivity index (χ0n) is 21.3. The van der Waals surface area contributed by atoms with Crippen molar-refractivity contribution in [2.75, 3.05) is 20.8 Å². The largest absolute Gasteiger partial charge is 0.496 e. The molecule has 1 aliphatic heterocycles. The standard InChI is InChI=1S/C29H29F3N2O4/c1-18-14-19(8-13-26(18)37-2)16-34-17-22(15-25(34)28(36)38-3)33-27(35)24-7-5-4-6-23(24)20-9-11-21(12-10-20)29(30,31)32/h4-14,22,25H,15-17H2,1-3H3,(H,33,35)/t22-,25+/m1/s1. The molecule has 0 aromatic heterocycles. The number of esters is 1. The van der Waals surface area contributed by atoms with Crippen LogP contribution in [0.25, 0.3) is 11.1 Å². The Morgan fingerprint density at radius 3 is 2.37 bits per heavy atom. The Morgan fingerprint density at radius 2 is 1.74 bits per heavy atom. The predicted molar refractivity (Wildman–Crippen MR) is 137 cm³/mol. The van der Waals surface area contributed by atoms with Crippen molar-refractivity contribution in [1.82, 2.24) is 10.2 Å². The molecule has 0 saturated carbocycles. The Hall–Kier alpha value is -3.85. The van der Waals surface area contributed by atoms with Crippen molar-refractivity contribution < 1.29 is 32.2 Å². The van der Waals surface area contributed by atoms with E-state index in [1.807, 2.05) is 30.0 Å². The van der Waals surface area contributed by atoms with Gasteiger partial charge in [-0.05, 0) is 59.9 Å². The number of likely N-dealkylation sites (tertiary alicyclic amines) is 1. The molecule has 2 atom stereocenters. The highest BCUT2D eigenvalue weighted by atomic mass is 19.4. The molecule has 1 fully saturated rings. The molecule has 0 spiro atoms. The van der Waals surface area contributed by atoms with Crippen LogP contribution in [0.1, 0.15) is 33.5 Å². The van der Waals surface area contributed by atoms with E-state index in [0.29, 0.717) is 36.2 Å². The highest BCUT2D eigenvalue weighted by Gasteiger charge is 2.38. The van der Waals surface area contributed by atoms with Crippen molar-refractivity contribution in [2.45, 2.75) is 38.1 Å². The molecule has 1 N–H and O–H groups in total. The van der Waals surface area contributed by atoms with Gasteiger partial charge in [0.2, 0.25) is 0 Å². The van der Waals surface area contributed by atoms with Crippen LogP contribution in [-0.2, 0) is 22.3 Å². The number of ether oxygens (including phenoxy) is 2. The molecule has 3 aromatic carbocycles. The van der Waals surface area contributed by atoms with Gasteiger partial charge in [0.15, 0.2) is 0 Å². The summed E-state index contributed by atoms with van der Waals surface area (Å²) in [7, 11) is 2.95. The van der Waals surface area contributed by atoms with Gasteiger partial charge < -0.3 is 14.8 Å². The summed E-state index contributed by atoms with van der Waals surface area (Å²) >= 11 is 0. The van der Waals surface area contributed by atoms with Crippen LogP contribution in [0.5, 0.6) is 5.75 Å². The van der Waals surface area contributed by atoms with Crippen molar-refractivity contribution in [1.29, 1.82) is 0 Å². The average molecular weight is 527 g/mol. The summed E-state index contributed by atoms with van der Waals surface area (Å²) in [6, 6.07) is 16.4. The van der Waals surface area contributed by atoms with Crippen LogP contribution in [0.3, 0.4) is 0 Å². The molecule has 1 amide bonds. The van der Waals surface area contributed by atoms with Crippen molar-refractivity contribution in [3.05, 3.63) is 89.0 Å². The van der Waals surface area contributed by atoms with Gasteiger partial charge in [-0.1, -0.05) is 42.5 Å². The van der Waals surface area contributed by atoms with Crippen LogP contribution < -0.4 is 10.1 Å². The van der Waals surface area contributed by atoms with Gasteiger partial charge in [-0.3, -0.25) is 14.5 Å². The zero-order chi connectivity index (χ0) is 27.4. The maximum atomic E-state index is 13.3. The van der Waals surface area contributed by atoms with Crippen molar-refractivity contribution in [2.24, 2.45) is 0 Å². The van der Waals surface area contributed by atoms with E-state index in [2.05, 4.69) is 5.32 Å². The molecule has 4 rings (SSSR count). The number of alkyl halides is 3. The van der Waals surface area contributed by atoms with E-state index in [0.717, 1.165) is 29.0 Å². The van der Waals surface area contributed by atoms with Gasteiger partial charge in [0.25, 0.3) is 5.91 Å². The van der Waals surface area contributed by atoms with E-state index in [-0.39, 0.29) is 17.9 Å². The highest BCUT2D eigenvalue weighted by Crippen LogP contribution is 2.32. The van der Waals surface area contributed by atoms with Crippen LogP contribution in [0, 0.1) is 6.92 Å². The maximum absolute atomic E-state index is 13.3. The second kappa shape index (κ2) is 11.3. The van der Waals surface area contributed by atoms with Gasteiger partial charge in [-0.15, -0.1) is 0 Å². The van der Waals surface area contributed by atoms with Crippen LogP contribution in [-0.4, -0.2) is 49.6 Å². The lowest BCUT2D eigenvalue weighted by atomic mass is 9.98. The number of amides is 1. The summed E-state index contributed by atoms with van der Waals surface area (Å²) < 4.78 is 49.3. The fourth-order valence-corrected chi connectivity index (χ4v) is 4.87. The van der Waals surface area contributed by atoms with E-state index in [4.69, 9.17) is 9.47 Å². The van der Waals surface area contributed by atoms with Gasteiger partial charge in [0.05, 0.1) is 19.8 Å². The van der Waals surface area contributed by atoms with E-state index >= 15 is 0 Å². The maximum Gasteiger partial charge on any atom is 0.416 e. The van der Waals surface area contributed by atoms with Crippen molar-refractivity contribution in [3.63, 3.8) is 0 Å². The van der Waals surface area contributed by atoms with E-state index in [1.54, 1.807) is 31.4 Å². The SMILES string of the molecule is COC(=O)[C@@H]1C[C@@H](NC(=O)c2ccccc2-c2ccc(C(F)(F)F)cc2)CN1Cc1ccc(OC)c(C)c1. The molecule has 0 bridgehead atoms. The summed E-state index contributed by atoms with van der Waals surface area (Å²) in [6.07, 6.45) is -4.07. The third kappa shape index (κ3) is 5.99. The normalized spacial score (nSPS) is 17.7. The Morgan fingerprint density at radius 1 is 1.03 bits per heavy atom. The lowest BCUT2D eigenvalue weighted by molar-refractivity contribution is -0.146. The average Bonchev–Trinajstić information content (AvgIpc) is 3.29. The van der Waals surface area contributed by atoms with Crippen LogP contribution in [0.4, 0.5) is 13.2 Å². The molecule has 0 radical (unpaired) electrons. The first kappa shape index (κ1) is 27.2. The van der Waals surface area contributed by atoms with E-state index < -0.39 is 17.8 Å². The zero-order valence-corrected chi connectivity index (χ0v) is 21.3. The van der Waals surface area contributed by atoms with Crippen LogP contribution in [0.15, 0.2) is 66.7 Å². The molecule has 9 heteroatoms. The number of nitrogens with one attached hydrogen (secondary N) is 1. The number of nitrogens with zero attached hydrogens (tertiary/aromatic N) is 1. The minimum Gasteiger partial charge on any atom is -0.496 e. The van der Waals surface area contributed by atoms with Gasteiger partial charge in [0, 0.05) is 24.7 Å². The number of benzene rings is 3. The number of hydrogen-bond donors (Lipinski definition) is 1. The Kier molecular flexibility index (Phi) is 8.06. The minimum atomic E-state index is -4.44. The Labute approximate surface area is 219 Å².